The second-order valence-corrected chi connectivity index (χ2v) is 8.91. The molecule has 1 N–H and O–H groups in total. The average molecular weight is 391 g/mol. The fraction of sp³-hybridized carbons (Fsp3) is 0.737. The summed E-state index contributed by atoms with van der Waals surface area (Å²) in [6.07, 6.45) is 9.75. The van der Waals surface area contributed by atoms with Crippen molar-refractivity contribution in [3.8, 4) is 0 Å². The van der Waals surface area contributed by atoms with E-state index in [-0.39, 0.29) is 42.5 Å². The Morgan fingerprint density at radius 2 is 1.59 bits per heavy atom. The number of imide groups is 1. The molecule has 2 heterocycles. The van der Waals surface area contributed by atoms with Gasteiger partial charge in [-0.1, -0.05) is 43.4 Å². The van der Waals surface area contributed by atoms with E-state index in [2.05, 4.69) is 15.5 Å². The first kappa shape index (κ1) is 18.5. The van der Waals surface area contributed by atoms with E-state index < -0.39 is 0 Å². The molecule has 1 aromatic heterocycles. The van der Waals surface area contributed by atoms with Crippen LogP contribution in [0, 0.1) is 11.8 Å². The van der Waals surface area contributed by atoms with E-state index in [0.717, 1.165) is 43.5 Å². The van der Waals surface area contributed by atoms with Crippen molar-refractivity contribution in [3.05, 3.63) is 5.01 Å². The van der Waals surface area contributed by atoms with Crippen molar-refractivity contribution in [2.75, 3.05) is 11.9 Å². The second-order valence-electron chi connectivity index (χ2n) is 7.90. The van der Waals surface area contributed by atoms with Crippen LogP contribution in [-0.2, 0) is 14.4 Å². The van der Waals surface area contributed by atoms with E-state index in [1.807, 2.05) is 0 Å². The van der Waals surface area contributed by atoms with E-state index in [1.165, 1.54) is 35.5 Å². The molecule has 1 aliphatic heterocycles. The Morgan fingerprint density at radius 3 is 2.26 bits per heavy atom. The van der Waals surface area contributed by atoms with Gasteiger partial charge in [0, 0.05) is 18.9 Å². The van der Waals surface area contributed by atoms with Gasteiger partial charge in [0.25, 0.3) is 0 Å². The van der Waals surface area contributed by atoms with Crippen molar-refractivity contribution >= 4 is 34.2 Å². The normalized spacial score (nSPS) is 26.3. The van der Waals surface area contributed by atoms with E-state index in [0.29, 0.717) is 11.0 Å². The zero-order valence-electron chi connectivity index (χ0n) is 15.5. The molecule has 3 aliphatic rings. The summed E-state index contributed by atoms with van der Waals surface area (Å²) in [6, 6.07) is 0. The maximum Gasteiger partial charge on any atom is 0.233 e. The van der Waals surface area contributed by atoms with Crippen LogP contribution in [0.2, 0.25) is 0 Å². The highest BCUT2D eigenvalue weighted by Crippen LogP contribution is 2.38. The minimum Gasteiger partial charge on any atom is -0.300 e. The molecule has 2 atom stereocenters. The van der Waals surface area contributed by atoms with Gasteiger partial charge in [0.2, 0.25) is 22.9 Å². The van der Waals surface area contributed by atoms with E-state index in [4.69, 9.17) is 0 Å². The predicted octanol–water partition coefficient (Wildman–Crippen LogP) is 3.09. The smallest absolute Gasteiger partial charge is 0.233 e. The molecule has 146 valence electrons. The van der Waals surface area contributed by atoms with E-state index in [9.17, 15) is 14.4 Å². The minimum absolute atomic E-state index is 0.0898. The zero-order valence-corrected chi connectivity index (χ0v) is 16.3. The Hall–Kier alpha value is -1.83. The Bertz CT molecular complexity index is 704. The third-order valence-corrected chi connectivity index (χ3v) is 7.14. The van der Waals surface area contributed by atoms with Crippen LogP contribution in [0.4, 0.5) is 5.13 Å². The van der Waals surface area contributed by atoms with Gasteiger partial charge in [-0.05, 0) is 25.7 Å². The SMILES string of the molecule is O=C(CCN1C(=O)[C@H]2CCCC[C@@H]2C1=O)Nc1nnc(C2CCCCC2)s1. The molecule has 4 rings (SSSR count). The van der Waals surface area contributed by atoms with Crippen molar-refractivity contribution in [2.24, 2.45) is 11.8 Å². The highest BCUT2D eigenvalue weighted by atomic mass is 32.1. The maximum atomic E-state index is 12.5. The molecule has 7 nitrogen and oxygen atoms in total. The van der Waals surface area contributed by atoms with Crippen LogP contribution in [0.25, 0.3) is 0 Å². The highest BCUT2D eigenvalue weighted by molar-refractivity contribution is 7.15. The topological polar surface area (TPSA) is 92.3 Å². The summed E-state index contributed by atoms with van der Waals surface area (Å²) in [6.45, 7) is 0.158. The number of carbonyl (C=O) groups excluding carboxylic acids is 3. The third-order valence-electron chi connectivity index (χ3n) is 6.14. The first-order chi connectivity index (χ1) is 13.1. The Labute approximate surface area is 162 Å². The maximum absolute atomic E-state index is 12.5. The van der Waals surface area contributed by atoms with Crippen LogP contribution in [-0.4, -0.2) is 39.4 Å². The Kier molecular flexibility index (Phi) is 5.52. The molecular formula is C19H26N4O3S. The first-order valence-electron chi connectivity index (χ1n) is 10.1. The summed E-state index contributed by atoms with van der Waals surface area (Å²) >= 11 is 1.44. The van der Waals surface area contributed by atoms with Gasteiger partial charge in [0.1, 0.15) is 5.01 Å². The number of hydrogen-bond donors (Lipinski definition) is 1. The number of carbonyl (C=O) groups is 3. The van der Waals surface area contributed by atoms with Crippen molar-refractivity contribution < 1.29 is 14.4 Å². The number of rotatable bonds is 5. The fourth-order valence-electron chi connectivity index (χ4n) is 4.65. The second kappa shape index (κ2) is 8.04. The van der Waals surface area contributed by atoms with Crippen LogP contribution in [0.3, 0.4) is 0 Å². The zero-order chi connectivity index (χ0) is 18.8. The monoisotopic (exact) mass is 390 g/mol. The number of hydrogen-bond acceptors (Lipinski definition) is 6. The molecule has 2 saturated carbocycles. The van der Waals surface area contributed by atoms with Crippen LogP contribution in [0.15, 0.2) is 0 Å². The predicted molar refractivity (Wildman–Crippen MR) is 101 cm³/mol. The number of aromatic nitrogens is 2. The van der Waals surface area contributed by atoms with Crippen LogP contribution in [0.5, 0.6) is 0 Å². The molecule has 1 saturated heterocycles. The Balaban J connectivity index is 1.29. The van der Waals surface area contributed by atoms with Gasteiger partial charge in [0.15, 0.2) is 0 Å². The largest absolute Gasteiger partial charge is 0.300 e. The number of amides is 3. The molecular weight excluding hydrogens is 364 g/mol. The molecule has 0 unspecified atom stereocenters. The summed E-state index contributed by atoms with van der Waals surface area (Å²) < 4.78 is 0. The van der Waals surface area contributed by atoms with Gasteiger partial charge in [-0.3, -0.25) is 19.3 Å². The van der Waals surface area contributed by atoms with Gasteiger partial charge in [0.05, 0.1) is 11.8 Å². The fourth-order valence-corrected chi connectivity index (χ4v) is 5.57. The van der Waals surface area contributed by atoms with E-state index >= 15 is 0 Å². The standard InChI is InChI=1S/C19H26N4O3S/c24-15(20-19-22-21-16(27-19)12-6-2-1-3-7-12)10-11-23-17(25)13-8-4-5-9-14(13)18(23)26/h12-14H,1-11H2,(H,20,22,24)/t13-,14-/m0/s1. The third kappa shape index (κ3) is 3.90. The van der Waals surface area contributed by atoms with Gasteiger partial charge in [-0.15, -0.1) is 10.2 Å². The molecule has 3 amide bonds. The lowest BCUT2D eigenvalue weighted by molar-refractivity contribution is -0.140. The number of likely N-dealkylation sites (tertiary alicyclic amines) is 1. The minimum atomic E-state index is -0.225. The number of nitrogens with one attached hydrogen (secondary N) is 1. The number of nitrogens with zero attached hydrogens (tertiary/aromatic N) is 3. The lowest BCUT2D eigenvalue weighted by atomic mass is 9.81. The molecule has 0 radical (unpaired) electrons. The molecule has 0 spiro atoms. The summed E-state index contributed by atoms with van der Waals surface area (Å²) in [7, 11) is 0. The Morgan fingerprint density at radius 1 is 0.963 bits per heavy atom. The van der Waals surface area contributed by atoms with Crippen molar-refractivity contribution in [3.63, 3.8) is 0 Å². The van der Waals surface area contributed by atoms with Crippen molar-refractivity contribution in [1.82, 2.24) is 15.1 Å². The molecule has 1 aromatic rings. The van der Waals surface area contributed by atoms with Gasteiger partial charge < -0.3 is 5.32 Å². The van der Waals surface area contributed by atoms with E-state index in [1.54, 1.807) is 0 Å². The van der Waals surface area contributed by atoms with Crippen LogP contribution in [0.1, 0.15) is 75.1 Å². The summed E-state index contributed by atoms with van der Waals surface area (Å²) in [5, 5.41) is 12.6. The molecule has 0 bridgehead atoms. The number of anilines is 1. The summed E-state index contributed by atoms with van der Waals surface area (Å²) in [5.74, 6) is -0.256. The van der Waals surface area contributed by atoms with Crippen molar-refractivity contribution in [1.29, 1.82) is 0 Å². The molecule has 3 fully saturated rings. The van der Waals surface area contributed by atoms with Crippen LogP contribution >= 0.6 is 11.3 Å². The van der Waals surface area contributed by atoms with Crippen LogP contribution < -0.4 is 5.32 Å². The summed E-state index contributed by atoms with van der Waals surface area (Å²) in [5.41, 5.74) is 0. The lowest BCUT2D eigenvalue weighted by Crippen LogP contribution is -2.34. The molecule has 0 aromatic carbocycles. The number of fused-ring (bicyclic) bond motifs is 1. The highest BCUT2D eigenvalue weighted by Gasteiger charge is 2.47. The molecule has 2 aliphatic carbocycles. The average Bonchev–Trinajstić information content (AvgIpc) is 3.25. The molecule has 8 heteroatoms. The van der Waals surface area contributed by atoms with Gasteiger partial charge in [-0.2, -0.15) is 0 Å². The van der Waals surface area contributed by atoms with Gasteiger partial charge in [-0.25, -0.2) is 0 Å². The lowest BCUT2D eigenvalue weighted by Gasteiger charge is -2.19. The van der Waals surface area contributed by atoms with Gasteiger partial charge >= 0.3 is 0 Å². The quantitative estimate of drug-likeness (QED) is 0.780. The van der Waals surface area contributed by atoms with Crippen molar-refractivity contribution in [2.45, 2.75) is 70.1 Å². The first-order valence-corrected chi connectivity index (χ1v) is 10.9. The summed E-state index contributed by atoms with van der Waals surface area (Å²) in [4.78, 5) is 38.5. The molecule has 27 heavy (non-hydrogen) atoms.